The fraction of sp³-hybridized carbons (Fsp3) is 0.500. The van der Waals surface area contributed by atoms with Gasteiger partial charge in [0, 0.05) is 36.5 Å². The molecule has 3 aromatic rings. The fourth-order valence-electron chi connectivity index (χ4n) is 5.92. The Hall–Kier alpha value is -4.21. The van der Waals surface area contributed by atoms with E-state index in [0.717, 1.165) is 5.56 Å². The molecule has 2 heterocycles. The predicted octanol–water partition coefficient (Wildman–Crippen LogP) is 4.66. The summed E-state index contributed by atoms with van der Waals surface area (Å²) in [7, 11) is -2.52. The lowest BCUT2D eigenvalue weighted by molar-refractivity contribution is -0.128. The second kappa shape index (κ2) is 17.6. The summed E-state index contributed by atoms with van der Waals surface area (Å²) in [5, 5.41) is 20.7. The van der Waals surface area contributed by atoms with Crippen molar-refractivity contribution < 1.29 is 27.9 Å². The van der Waals surface area contributed by atoms with E-state index < -0.39 is 34.1 Å². The lowest BCUT2D eigenvalue weighted by Gasteiger charge is -2.34. The number of ether oxygens (including phenoxy) is 1. The van der Waals surface area contributed by atoms with Gasteiger partial charge in [0.15, 0.2) is 0 Å². The summed E-state index contributed by atoms with van der Waals surface area (Å²) in [4.78, 5) is 38.2. The zero-order valence-electron chi connectivity index (χ0n) is 29.0. The van der Waals surface area contributed by atoms with Crippen LogP contribution in [0.1, 0.15) is 44.0 Å². The molecule has 3 amide bonds. The number of aliphatic hydroxyl groups is 1. The minimum absolute atomic E-state index is 0.0474. The van der Waals surface area contributed by atoms with Crippen LogP contribution in [0, 0.1) is 11.8 Å². The van der Waals surface area contributed by atoms with Crippen molar-refractivity contribution >= 4 is 33.3 Å². The van der Waals surface area contributed by atoms with Crippen LogP contribution in [0.5, 0.6) is 5.75 Å². The third-order valence-corrected chi connectivity index (χ3v) is 11.1. The van der Waals surface area contributed by atoms with E-state index in [-0.39, 0.29) is 55.4 Å². The first-order chi connectivity index (χ1) is 23.8. The number of aliphatic hydroxyl groups excluding tert-OH is 1. The number of urea groups is 1. The van der Waals surface area contributed by atoms with Gasteiger partial charge >= 0.3 is 6.03 Å². The number of sulfonamides is 1. The molecule has 2 N–H and O–H groups in total. The number of nitrogens with zero attached hydrogens (tertiary/aromatic N) is 7. The fourth-order valence-corrected chi connectivity index (χ4v) is 8.25. The van der Waals surface area contributed by atoms with Crippen LogP contribution in [-0.2, 0) is 34.3 Å². The highest BCUT2D eigenvalue weighted by Gasteiger charge is 2.40. The highest BCUT2D eigenvalue weighted by molar-refractivity contribution is 7.89. The van der Waals surface area contributed by atoms with E-state index in [0.29, 0.717) is 29.5 Å². The van der Waals surface area contributed by atoms with E-state index in [1.165, 1.54) is 34.9 Å². The van der Waals surface area contributed by atoms with Crippen LogP contribution < -0.4 is 10.1 Å². The number of carbonyl (C=O) groups is 2. The van der Waals surface area contributed by atoms with Gasteiger partial charge in [0.2, 0.25) is 15.9 Å². The summed E-state index contributed by atoms with van der Waals surface area (Å²) in [5.74, 6) is -0.234. The number of thiazole rings is 1. The maximum atomic E-state index is 14.1. The molecule has 16 heteroatoms. The molecule has 1 aliphatic rings. The smallest absolute Gasteiger partial charge is 0.321 e. The van der Waals surface area contributed by atoms with Crippen molar-refractivity contribution in [3.05, 3.63) is 86.7 Å². The number of azide groups is 1. The normalized spacial score (nSPS) is 15.3. The number of hydrogen-bond donors (Lipinski definition) is 2. The molecule has 4 rings (SSSR count). The number of rotatable bonds is 18. The Labute approximate surface area is 297 Å². The Morgan fingerprint density at radius 3 is 2.44 bits per heavy atom. The van der Waals surface area contributed by atoms with Crippen molar-refractivity contribution in [2.75, 3.05) is 33.3 Å². The molecule has 1 aromatic heterocycles. The Morgan fingerprint density at radius 1 is 1.12 bits per heavy atom. The molecule has 0 aliphatic carbocycles. The number of carbonyl (C=O) groups excluding carboxylic acids is 2. The van der Waals surface area contributed by atoms with Gasteiger partial charge in [0.05, 0.1) is 47.9 Å². The zero-order chi connectivity index (χ0) is 36.4. The largest absolute Gasteiger partial charge is 0.497 e. The number of amides is 3. The van der Waals surface area contributed by atoms with Gasteiger partial charge in [-0.3, -0.25) is 4.79 Å². The van der Waals surface area contributed by atoms with Crippen LogP contribution in [0.3, 0.4) is 0 Å². The van der Waals surface area contributed by atoms with Crippen molar-refractivity contribution in [3.8, 4) is 5.75 Å². The molecular weight excluding hydrogens is 681 g/mol. The standard InChI is InChI=1S/C34H46N8O6S2/c1-23(2)19-41(50(46,47)28-13-11-27(48-5)12-14-28)21-30(43)29(17-25-9-7-6-8-10-25)38-33(44)32(24(3)4)42-16-15-40(34(42)45)20-26-22-49-31(37-26)18-36-39-35/h6-14,22-24,29-30,32,43H,15-21H2,1-5H3,(H,38,44)/t29-,30+,32-/m0/s1. The summed E-state index contributed by atoms with van der Waals surface area (Å²) in [6.45, 7) is 8.49. The SMILES string of the molecule is COc1ccc(S(=O)(=O)N(CC(C)C)C[C@@H](O)[C@H](Cc2ccccc2)NC(=O)[C@H](C(C)C)N2CCN(Cc3csc(CN=[N+]=[N-])n3)C2=O)cc1. The molecule has 2 aromatic carbocycles. The van der Waals surface area contributed by atoms with Crippen molar-refractivity contribution in [2.45, 2.75) is 70.3 Å². The van der Waals surface area contributed by atoms with Crippen LogP contribution in [0.2, 0.25) is 0 Å². The average Bonchev–Trinajstić information content (AvgIpc) is 3.69. The summed E-state index contributed by atoms with van der Waals surface area (Å²) in [5.41, 5.74) is 10.1. The molecule has 3 atom stereocenters. The van der Waals surface area contributed by atoms with Crippen molar-refractivity contribution in [1.82, 2.24) is 24.4 Å². The lowest BCUT2D eigenvalue weighted by Crippen LogP contribution is -2.57. The molecule has 0 unspecified atom stereocenters. The monoisotopic (exact) mass is 726 g/mol. The van der Waals surface area contributed by atoms with Gasteiger partial charge in [0.1, 0.15) is 11.8 Å². The van der Waals surface area contributed by atoms with E-state index in [9.17, 15) is 23.1 Å². The van der Waals surface area contributed by atoms with Crippen LogP contribution in [0.15, 0.2) is 70.0 Å². The maximum absolute atomic E-state index is 14.1. The number of aromatic nitrogens is 1. The van der Waals surface area contributed by atoms with E-state index in [2.05, 4.69) is 20.3 Å². The molecule has 0 radical (unpaired) electrons. The summed E-state index contributed by atoms with van der Waals surface area (Å²) in [6, 6.07) is 13.4. The van der Waals surface area contributed by atoms with E-state index in [4.69, 9.17) is 10.3 Å². The first-order valence-corrected chi connectivity index (χ1v) is 18.8. The average molecular weight is 727 g/mol. The molecule has 1 fully saturated rings. The summed E-state index contributed by atoms with van der Waals surface area (Å²) >= 11 is 1.35. The van der Waals surface area contributed by atoms with Crippen molar-refractivity contribution in [2.24, 2.45) is 17.0 Å². The first-order valence-electron chi connectivity index (χ1n) is 16.5. The number of benzene rings is 2. The Morgan fingerprint density at radius 2 is 1.82 bits per heavy atom. The molecule has 1 aliphatic heterocycles. The molecule has 0 spiro atoms. The number of nitrogens with one attached hydrogen (secondary N) is 1. The molecule has 0 saturated carbocycles. The second-order valence-electron chi connectivity index (χ2n) is 13.0. The molecule has 0 bridgehead atoms. The van der Waals surface area contributed by atoms with E-state index in [1.807, 2.05) is 63.4 Å². The maximum Gasteiger partial charge on any atom is 0.321 e. The Bertz CT molecular complexity index is 1730. The number of methoxy groups -OCH3 is 1. The molecule has 50 heavy (non-hydrogen) atoms. The van der Waals surface area contributed by atoms with Gasteiger partial charge in [-0.25, -0.2) is 18.2 Å². The van der Waals surface area contributed by atoms with Crippen LogP contribution >= 0.6 is 11.3 Å². The first kappa shape index (κ1) is 38.6. The van der Waals surface area contributed by atoms with Crippen molar-refractivity contribution in [1.29, 1.82) is 0 Å². The topological polar surface area (TPSA) is 181 Å². The van der Waals surface area contributed by atoms with E-state index in [1.54, 1.807) is 21.9 Å². The third-order valence-electron chi connectivity index (χ3n) is 8.33. The summed E-state index contributed by atoms with van der Waals surface area (Å²) < 4.78 is 34.1. The minimum Gasteiger partial charge on any atom is -0.497 e. The van der Waals surface area contributed by atoms with Gasteiger partial charge in [-0.2, -0.15) is 4.31 Å². The van der Waals surface area contributed by atoms with Crippen LogP contribution in [0.4, 0.5) is 4.79 Å². The predicted molar refractivity (Wildman–Crippen MR) is 191 cm³/mol. The molecule has 14 nitrogen and oxygen atoms in total. The molecular formula is C34H46N8O6S2. The molecule has 270 valence electrons. The zero-order valence-corrected chi connectivity index (χ0v) is 30.7. The second-order valence-corrected chi connectivity index (χ2v) is 15.9. The van der Waals surface area contributed by atoms with Gasteiger partial charge in [-0.1, -0.05) is 63.1 Å². The van der Waals surface area contributed by atoms with Crippen molar-refractivity contribution in [3.63, 3.8) is 0 Å². The Kier molecular flexibility index (Phi) is 13.6. The number of hydrogen-bond acceptors (Lipinski definition) is 9. The van der Waals surface area contributed by atoms with Gasteiger partial charge < -0.3 is 25.0 Å². The highest BCUT2D eigenvalue weighted by Crippen LogP contribution is 2.24. The highest BCUT2D eigenvalue weighted by atomic mass is 32.2. The van der Waals surface area contributed by atoms with Gasteiger partial charge in [0.25, 0.3) is 0 Å². The lowest BCUT2D eigenvalue weighted by atomic mass is 9.97. The van der Waals surface area contributed by atoms with Gasteiger partial charge in [-0.05, 0) is 53.6 Å². The Balaban J connectivity index is 1.54. The molecule has 1 saturated heterocycles. The third kappa shape index (κ3) is 9.94. The summed E-state index contributed by atoms with van der Waals surface area (Å²) in [6.07, 6.45) is -1.05. The minimum atomic E-state index is -4.02. The quantitative estimate of drug-likeness (QED) is 0.109. The van der Waals surface area contributed by atoms with Crippen LogP contribution in [-0.4, -0.2) is 96.0 Å². The van der Waals surface area contributed by atoms with Crippen LogP contribution in [0.25, 0.3) is 10.4 Å². The van der Waals surface area contributed by atoms with Gasteiger partial charge in [-0.15, -0.1) is 11.3 Å². The van der Waals surface area contributed by atoms with E-state index >= 15 is 0 Å².